The lowest BCUT2D eigenvalue weighted by Crippen LogP contribution is -2.11. The van der Waals surface area contributed by atoms with E-state index in [0.29, 0.717) is 0 Å². The van der Waals surface area contributed by atoms with Crippen molar-refractivity contribution < 1.29 is 4.42 Å². The van der Waals surface area contributed by atoms with Crippen LogP contribution in [0.5, 0.6) is 0 Å². The number of nitrogens with zero attached hydrogens (tertiary/aromatic N) is 2. The third kappa shape index (κ3) is 6.12. The molecule has 304 valence electrons. The minimum absolute atomic E-state index is 0.881. The smallest absolute Gasteiger partial charge is 0.136 e. The van der Waals surface area contributed by atoms with Gasteiger partial charge in [0.25, 0.3) is 0 Å². The third-order valence-corrected chi connectivity index (χ3v) is 13.2. The number of para-hydroxylation sites is 4. The van der Waals surface area contributed by atoms with Gasteiger partial charge in [-0.2, -0.15) is 0 Å². The number of hydrogen-bond acceptors (Lipinski definition) is 2. The van der Waals surface area contributed by atoms with Gasteiger partial charge in [0.15, 0.2) is 0 Å². The number of fused-ring (bicyclic) bond motifs is 9. The number of aromatic nitrogens is 1. The quantitative estimate of drug-likeness (QED) is 0.149. The highest BCUT2D eigenvalue weighted by Crippen LogP contribution is 2.45. The molecule has 2 heterocycles. The Labute approximate surface area is 376 Å². The topological polar surface area (TPSA) is 21.3 Å². The molecule has 0 radical (unpaired) electrons. The molecule has 13 rings (SSSR count). The molecule has 0 saturated carbocycles. The van der Waals surface area contributed by atoms with Crippen molar-refractivity contribution in [2.45, 2.75) is 0 Å². The molecule has 0 spiro atoms. The van der Waals surface area contributed by atoms with E-state index in [9.17, 15) is 0 Å². The number of anilines is 3. The molecule has 0 N–H and O–H groups in total. The van der Waals surface area contributed by atoms with E-state index in [1.807, 2.05) is 6.07 Å². The zero-order valence-electron chi connectivity index (χ0n) is 35.4. The van der Waals surface area contributed by atoms with Crippen LogP contribution in [-0.2, 0) is 0 Å². The van der Waals surface area contributed by atoms with Crippen LogP contribution in [0.1, 0.15) is 0 Å². The highest BCUT2D eigenvalue weighted by atomic mass is 16.3. The van der Waals surface area contributed by atoms with Gasteiger partial charge < -0.3 is 13.9 Å². The lowest BCUT2D eigenvalue weighted by Gasteiger charge is -2.28. The highest BCUT2D eigenvalue weighted by molar-refractivity contribution is 6.14. The van der Waals surface area contributed by atoms with Crippen molar-refractivity contribution in [1.82, 2.24) is 4.57 Å². The molecular formula is C62H40N2O. The second-order valence-electron chi connectivity index (χ2n) is 16.9. The van der Waals surface area contributed by atoms with Crippen molar-refractivity contribution >= 4 is 82.4 Å². The molecule has 65 heavy (non-hydrogen) atoms. The normalized spacial score (nSPS) is 11.7. The van der Waals surface area contributed by atoms with Gasteiger partial charge in [0.05, 0.1) is 16.7 Å². The highest BCUT2D eigenvalue weighted by Gasteiger charge is 2.21. The van der Waals surface area contributed by atoms with Gasteiger partial charge >= 0.3 is 0 Å². The lowest BCUT2D eigenvalue weighted by atomic mass is 9.96. The van der Waals surface area contributed by atoms with Crippen molar-refractivity contribution in [3.63, 3.8) is 0 Å². The summed E-state index contributed by atoms with van der Waals surface area (Å²) in [5, 5.41) is 9.81. The van der Waals surface area contributed by atoms with Gasteiger partial charge in [0.2, 0.25) is 0 Å². The van der Waals surface area contributed by atoms with E-state index >= 15 is 0 Å². The molecule has 0 unspecified atom stereocenters. The summed E-state index contributed by atoms with van der Waals surface area (Å²) in [5.74, 6) is 0. The second kappa shape index (κ2) is 15.0. The Morgan fingerprint density at radius 3 is 1.55 bits per heavy atom. The van der Waals surface area contributed by atoms with Crippen molar-refractivity contribution in [3.8, 4) is 39.1 Å². The van der Waals surface area contributed by atoms with Crippen LogP contribution in [0.15, 0.2) is 247 Å². The summed E-state index contributed by atoms with van der Waals surface area (Å²) >= 11 is 0. The third-order valence-electron chi connectivity index (χ3n) is 13.2. The van der Waals surface area contributed by atoms with Crippen LogP contribution >= 0.6 is 0 Å². The molecule has 13 aromatic rings. The maximum atomic E-state index is 6.39. The first kappa shape index (κ1) is 36.9. The number of hydrogen-bond donors (Lipinski definition) is 0. The molecule has 2 aromatic heterocycles. The molecule has 3 nitrogen and oxygen atoms in total. The maximum Gasteiger partial charge on any atom is 0.136 e. The van der Waals surface area contributed by atoms with E-state index in [-0.39, 0.29) is 0 Å². The molecule has 11 aromatic carbocycles. The Balaban J connectivity index is 0.908. The molecule has 0 aliphatic heterocycles. The summed E-state index contributed by atoms with van der Waals surface area (Å²) < 4.78 is 8.76. The summed E-state index contributed by atoms with van der Waals surface area (Å²) in [5.41, 5.74) is 15.5. The molecule has 0 bridgehead atoms. The molecule has 0 atom stereocenters. The summed E-state index contributed by atoms with van der Waals surface area (Å²) in [4.78, 5) is 2.39. The Morgan fingerprint density at radius 1 is 0.323 bits per heavy atom. The molecular weight excluding hydrogens is 789 g/mol. The van der Waals surface area contributed by atoms with Crippen LogP contribution in [0.4, 0.5) is 17.1 Å². The van der Waals surface area contributed by atoms with Crippen molar-refractivity contribution in [2.75, 3.05) is 4.90 Å². The Kier molecular flexibility index (Phi) is 8.53. The van der Waals surface area contributed by atoms with E-state index in [1.54, 1.807) is 0 Å². The van der Waals surface area contributed by atoms with E-state index in [1.165, 1.54) is 60.0 Å². The average molecular weight is 829 g/mol. The lowest BCUT2D eigenvalue weighted by molar-refractivity contribution is 0.669. The molecule has 3 heteroatoms. The Bertz CT molecular complexity index is 3880. The van der Waals surface area contributed by atoms with Crippen LogP contribution in [-0.4, -0.2) is 4.57 Å². The summed E-state index contributed by atoms with van der Waals surface area (Å²) in [6.07, 6.45) is 0. The number of rotatable bonds is 7. The van der Waals surface area contributed by atoms with E-state index in [4.69, 9.17) is 4.42 Å². The van der Waals surface area contributed by atoms with Gasteiger partial charge in [-0.05, 0) is 122 Å². The van der Waals surface area contributed by atoms with Crippen molar-refractivity contribution in [3.05, 3.63) is 243 Å². The predicted octanol–water partition coefficient (Wildman–Crippen LogP) is 17.5. The molecule has 0 amide bonds. The van der Waals surface area contributed by atoms with Crippen molar-refractivity contribution in [2.24, 2.45) is 0 Å². The monoisotopic (exact) mass is 828 g/mol. The Hall–Kier alpha value is -8.66. The SMILES string of the molecule is c1ccc(N(c2ccc(-c3ccc(-n4c5ccccc5c5ccccc54)cc3)cc2)c2ccc(-c3ccc4c(ccc5ccccc54)c3)cc2)c(-c2cccc3oc4ccccc4c23)c1. The fourth-order valence-electron chi connectivity index (χ4n) is 10.1. The average Bonchev–Trinajstić information content (AvgIpc) is 3.93. The molecule has 0 saturated heterocycles. The first-order valence-electron chi connectivity index (χ1n) is 22.2. The van der Waals surface area contributed by atoms with Gasteiger partial charge in [-0.25, -0.2) is 0 Å². The number of furan rings is 1. The van der Waals surface area contributed by atoms with Gasteiger partial charge in [-0.3, -0.25) is 0 Å². The van der Waals surface area contributed by atoms with Crippen LogP contribution in [0.25, 0.3) is 104 Å². The largest absolute Gasteiger partial charge is 0.456 e. The first-order chi connectivity index (χ1) is 32.2. The summed E-state index contributed by atoms with van der Waals surface area (Å²) in [7, 11) is 0. The fraction of sp³-hybridized carbons (Fsp3) is 0. The van der Waals surface area contributed by atoms with Crippen LogP contribution in [0, 0.1) is 0 Å². The summed E-state index contributed by atoms with van der Waals surface area (Å²) in [6, 6.07) is 87.7. The van der Waals surface area contributed by atoms with Crippen LogP contribution in [0.2, 0.25) is 0 Å². The maximum absolute atomic E-state index is 6.39. The van der Waals surface area contributed by atoms with Gasteiger partial charge in [-0.15, -0.1) is 0 Å². The van der Waals surface area contributed by atoms with E-state index in [2.05, 4.69) is 246 Å². The van der Waals surface area contributed by atoms with Crippen LogP contribution in [0.3, 0.4) is 0 Å². The zero-order valence-corrected chi connectivity index (χ0v) is 35.4. The van der Waals surface area contributed by atoms with Crippen molar-refractivity contribution in [1.29, 1.82) is 0 Å². The van der Waals surface area contributed by atoms with E-state index in [0.717, 1.165) is 61.4 Å². The number of benzene rings is 11. The predicted molar refractivity (Wildman–Crippen MR) is 274 cm³/mol. The molecule has 0 aliphatic carbocycles. The minimum Gasteiger partial charge on any atom is -0.456 e. The van der Waals surface area contributed by atoms with Gasteiger partial charge in [0, 0.05) is 44.2 Å². The molecule has 0 aliphatic rings. The fourth-order valence-corrected chi connectivity index (χ4v) is 10.1. The van der Waals surface area contributed by atoms with Gasteiger partial charge in [0.1, 0.15) is 11.2 Å². The zero-order chi connectivity index (χ0) is 42.8. The second-order valence-corrected chi connectivity index (χ2v) is 16.9. The minimum atomic E-state index is 0.881. The summed E-state index contributed by atoms with van der Waals surface area (Å²) in [6.45, 7) is 0. The van der Waals surface area contributed by atoms with Crippen LogP contribution < -0.4 is 4.90 Å². The standard InChI is InChI=1S/C62H40N2O/c1-2-13-50-44(12-1)24-25-46-40-45(32-39-51(46)50)43-30-35-48(36-31-43)63(57-19-7-5-16-54(57)55-18-11-23-61-62(55)56-17-6-10-22-60(56)65-61)47-33-26-41(27-34-47)42-28-37-49(38-29-42)64-58-20-8-3-14-52(58)53-15-4-9-21-59(53)64/h1-40H. The molecule has 0 fully saturated rings. The van der Waals surface area contributed by atoms with E-state index < -0.39 is 0 Å². The Morgan fingerprint density at radius 2 is 0.831 bits per heavy atom. The first-order valence-corrected chi connectivity index (χ1v) is 22.2. The van der Waals surface area contributed by atoms with Gasteiger partial charge in [-0.1, -0.05) is 170 Å².